The fraction of sp³-hybridized carbons (Fsp3) is 0.421. The van der Waals surface area contributed by atoms with Gasteiger partial charge in [0.2, 0.25) is 10.0 Å². The van der Waals surface area contributed by atoms with Crippen molar-refractivity contribution < 1.29 is 32.2 Å². The summed E-state index contributed by atoms with van der Waals surface area (Å²) in [7, 11) is -3.59. The standard InChI is InChI=1S/C19H22F2N4O5S2/c1-2-32(29,30)25-19-24-15(10-31-19)18(28)23-14(17(27)16(26)4-3-5-22)8-11-6-12(20)9-13(21)7-11/h6-7,9-10,14,16-17,26-27H,2-4,8H2,1H3,(H,23,28)(H,24,25). The molecular weight excluding hydrogens is 466 g/mol. The molecule has 2 aromatic rings. The van der Waals surface area contributed by atoms with Crippen LogP contribution >= 0.6 is 11.3 Å². The van der Waals surface area contributed by atoms with Crippen LogP contribution in [0, 0.1) is 23.0 Å². The van der Waals surface area contributed by atoms with Crippen molar-refractivity contribution in [1.82, 2.24) is 10.3 Å². The molecule has 1 amide bonds. The molecule has 0 spiro atoms. The molecule has 0 bridgehead atoms. The molecule has 0 aliphatic carbocycles. The van der Waals surface area contributed by atoms with E-state index in [-0.39, 0.29) is 41.4 Å². The van der Waals surface area contributed by atoms with E-state index in [9.17, 15) is 32.2 Å². The van der Waals surface area contributed by atoms with Crippen LogP contribution in [0.15, 0.2) is 23.6 Å². The molecule has 0 radical (unpaired) electrons. The van der Waals surface area contributed by atoms with E-state index in [1.807, 2.05) is 6.07 Å². The number of hydrogen-bond acceptors (Lipinski definition) is 8. The zero-order valence-electron chi connectivity index (χ0n) is 17.0. The first kappa shape index (κ1) is 25.6. The molecule has 0 saturated carbocycles. The highest BCUT2D eigenvalue weighted by Crippen LogP contribution is 2.19. The third kappa shape index (κ3) is 7.49. The summed E-state index contributed by atoms with van der Waals surface area (Å²) in [5, 5.41) is 33.1. The van der Waals surface area contributed by atoms with Crippen molar-refractivity contribution >= 4 is 32.4 Å². The van der Waals surface area contributed by atoms with E-state index >= 15 is 0 Å². The van der Waals surface area contributed by atoms with Crippen molar-refractivity contribution in [2.24, 2.45) is 0 Å². The van der Waals surface area contributed by atoms with E-state index < -0.39 is 45.8 Å². The van der Waals surface area contributed by atoms with E-state index in [1.165, 1.54) is 12.3 Å². The average Bonchev–Trinajstić information content (AvgIpc) is 3.18. The van der Waals surface area contributed by atoms with Crippen LogP contribution in [0.1, 0.15) is 35.8 Å². The van der Waals surface area contributed by atoms with Crippen LogP contribution in [0.2, 0.25) is 0 Å². The van der Waals surface area contributed by atoms with E-state index in [1.54, 1.807) is 0 Å². The Kier molecular flexibility index (Phi) is 9.02. The van der Waals surface area contributed by atoms with Crippen LogP contribution in [0.3, 0.4) is 0 Å². The number of amides is 1. The molecule has 4 N–H and O–H groups in total. The zero-order chi connectivity index (χ0) is 23.9. The SMILES string of the molecule is CCS(=O)(=O)Nc1nc(C(=O)NC(Cc2cc(F)cc(F)c2)C(O)C(O)CCC#N)cs1. The van der Waals surface area contributed by atoms with Gasteiger partial charge in [0.15, 0.2) is 5.13 Å². The second kappa shape index (κ2) is 11.3. The molecule has 0 fully saturated rings. The number of aromatic nitrogens is 1. The number of aliphatic hydroxyl groups excluding tert-OH is 2. The number of nitrogens with one attached hydrogen (secondary N) is 2. The number of carbonyl (C=O) groups excluding carboxylic acids is 1. The van der Waals surface area contributed by atoms with E-state index in [2.05, 4.69) is 15.0 Å². The van der Waals surface area contributed by atoms with Crippen molar-refractivity contribution in [2.75, 3.05) is 10.5 Å². The summed E-state index contributed by atoms with van der Waals surface area (Å²) in [6.07, 6.45) is -3.32. The van der Waals surface area contributed by atoms with Crippen LogP contribution in [-0.2, 0) is 16.4 Å². The summed E-state index contributed by atoms with van der Waals surface area (Å²) < 4.78 is 52.6. The molecule has 1 aromatic heterocycles. The van der Waals surface area contributed by atoms with Gasteiger partial charge in [0.1, 0.15) is 23.4 Å². The van der Waals surface area contributed by atoms with Gasteiger partial charge in [-0.2, -0.15) is 5.26 Å². The van der Waals surface area contributed by atoms with Gasteiger partial charge >= 0.3 is 0 Å². The molecule has 1 heterocycles. The summed E-state index contributed by atoms with van der Waals surface area (Å²) in [4.78, 5) is 16.5. The Morgan fingerprint density at radius 1 is 1.28 bits per heavy atom. The van der Waals surface area contributed by atoms with Crippen LogP contribution in [-0.4, -0.2) is 53.5 Å². The highest BCUT2D eigenvalue weighted by molar-refractivity contribution is 7.92. The van der Waals surface area contributed by atoms with E-state index in [0.29, 0.717) is 6.07 Å². The summed E-state index contributed by atoms with van der Waals surface area (Å²) in [5.74, 6) is -2.68. The van der Waals surface area contributed by atoms with Crippen molar-refractivity contribution in [2.45, 2.75) is 44.4 Å². The number of anilines is 1. The maximum absolute atomic E-state index is 13.6. The smallest absolute Gasteiger partial charge is 0.271 e. The lowest BCUT2D eigenvalue weighted by Gasteiger charge is -2.27. The number of sulfonamides is 1. The van der Waals surface area contributed by atoms with Gasteiger partial charge in [-0.3, -0.25) is 9.52 Å². The van der Waals surface area contributed by atoms with E-state index in [0.717, 1.165) is 23.5 Å². The largest absolute Gasteiger partial charge is 0.390 e. The Morgan fingerprint density at radius 3 is 2.53 bits per heavy atom. The summed E-state index contributed by atoms with van der Waals surface area (Å²) in [5.41, 5.74) is -0.0352. The minimum Gasteiger partial charge on any atom is -0.390 e. The molecule has 2 rings (SSSR count). The molecule has 3 atom stereocenters. The van der Waals surface area contributed by atoms with Crippen molar-refractivity contribution in [1.29, 1.82) is 5.26 Å². The highest BCUT2D eigenvalue weighted by Gasteiger charge is 2.29. The maximum atomic E-state index is 13.6. The van der Waals surface area contributed by atoms with Crippen LogP contribution in [0.5, 0.6) is 0 Å². The number of nitriles is 1. The molecule has 0 saturated heterocycles. The third-order valence-electron chi connectivity index (χ3n) is 4.41. The van der Waals surface area contributed by atoms with Crippen molar-refractivity contribution in [3.05, 3.63) is 46.5 Å². The lowest BCUT2D eigenvalue weighted by Crippen LogP contribution is -2.50. The maximum Gasteiger partial charge on any atom is 0.271 e. The molecule has 0 aliphatic heterocycles. The Bertz CT molecular complexity index is 1070. The highest BCUT2D eigenvalue weighted by atomic mass is 32.2. The van der Waals surface area contributed by atoms with E-state index in [4.69, 9.17) is 5.26 Å². The van der Waals surface area contributed by atoms with Crippen LogP contribution in [0.25, 0.3) is 0 Å². The van der Waals surface area contributed by atoms with Gasteiger partial charge < -0.3 is 15.5 Å². The number of aliphatic hydroxyl groups is 2. The first-order valence-electron chi connectivity index (χ1n) is 9.49. The lowest BCUT2D eigenvalue weighted by molar-refractivity contribution is -0.00648. The molecule has 3 unspecified atom stereocenters. The molecule has 1 aromatic carbocycles. The zero-order valence-corrected chi connectivity index (χ0v) is 18.6. The second-order valence-electron chi connectivity index (χ2n) is 6.86. The van der Waals surface area contributed by atoms with Gasteiger partial charge in [0, 0.05) is 17.9 Å². The summed E-state index contributed by atoms with van der Waals surface area (Å²) in [6, 6.07) is 3.36. The Labute approximate surface area is 187 Å². The Hall–Kier alpha value is -2.66. The Morgan fingerprint density at radius 2 is 1.94 bits per heavy atom. The Balaban J connectivity index is 2.22. The summed E-state index contributed by atoms with van der Waals surface area (Å²) in [6.45, 7) is 1.43. The van der Waals surface area contributed by atoms with Crippen molar-refractivity contribution in [3.63, 3.8) is 0 Å². The quantitative estimate of drug-likeness (QED) is 0.374. The minimum absolute atomic E-state index is 0.0321. The van der Waals surface area contributed by atoms with Crippen molar-refractivity contribution in [3.8, 4) is 6.07 Å². The minimum atomic E-state index is -3.59. The van der Waals surface area contributed by atoms with Crippen LogP contribution in [0.4, 0.5) is 13.9 Å². The monoisotopic (exact) mass is 488 g/mol. The fourth-order valence-corrected chi connectivity index (χ4v) is 4.33. The average molecular weight is 489 g/mol. The number of carbonyl (C=O) groups is 1. The summed E-state index contributed by atoms with van der Waals surface area (Å²) >= 11 is 0.872. The predicted molar refractivity (Wildman–Crippen MR) is 113 cm³/mol. The number of halogens is 2. The number of thiazole rings is 1. The number of rotatable bonds is 11. The second-order valence-corrected chi connectivity index (χ2v) is 9.73. The van der Waals surface area contributed by atoms with Gasteiger partial charge in [-0.25, -0.2) is 22.2 Å². The number of nitrogens with zero attached hydrogens (tertiary/aromatic N) is 2. The fourth-order valence-electron chi connectivity index (χ4n) is 2.76. The molecular formula is C19H22F2N4O5S2. The first-order chi connectivity index (χ1) is 15.0. The van der Waals surface area contributed by atoms with Gasteiger partial charge in [0.05, 0.1) is 24.0 Å². The molecule has 9 nitrogen and oxygen atoms in total. The normalized spacial score (nSPS) is 14.2. The molecule has 0 aliphatic rings. The number of hydrogen-bond donors (Lipinski definition) is 4. The predicted octanol–water partition coefficient (Wildman–Crippen LogP) is 1.55. The topological polar surface area (TPSA) is 152 Å². The molecule has 174 valence electrons. The third-order valence-corrected chi connectivity index (χ3v) is 6.56. The molecule has 32 heavy (non-hydrogen) atoms. The van der Waals surface area contributed by atoms with Gasteiger partial charge in [-0.1, -0.05) is 0 Å². The van der Waals surface area contributed by atoms with Gasteiger partial charge in [-0.15, -0.1) is 11.3 Å². The van der Waals surface area contributed by atoms with Gasteiger partial charge in [-0.05, 0) is 37.5 Å². The number of benzene rings is 1. The van der Waals surface area contributed by atoms with Gasteiger partial charge in [0.25, 0.3) is 5.91 Å². The van der Waals surface area contributed by atoms with Crippen LogP contribution < -0.4 is 10.0 Å². The lowest BCUT2D eigenvalue weighted by atomic mass is 9.95. The first-order valence-corrected chi connectivity index (χ1v) is 12.0. The molecule has 13 heteroatoms.